The number of rotatable bonds is 10. The van der Waals surface area contributed by atoms with Gasteiger partial charge < -0.3 is 10.2 Å². The van der Waals surface area contributed by atoms with Crippen LogP contribution in [0.1, 0.15) is 49.0 Å². The van der Waals surface area contributed by atoms with E-state index in [1.807, 2.05) is 18.2 Å². The Labute approximate surface area is 203 Å². The number of benzene rings is 2. The predicted molar refractivity (Wildman–Crippen MR) is 135 cm³/mol. The van der Waals surface area contributed by atoms with Crippen molar-refractivity contribution in [2.75, 3.05) is 37.8 Å². The van der Waals surface area contributed by atoms with Gasteiger partial charge in [-0.25, -0.2) is 17.1 Å². The van der Waals surface area contributed by atoms with Crippen molar-refractivity contribution in [2.45, 2.75) is 45.6 Å². The Morgan fingerprint density at radius 1 is 1.18 bits per heavy atom. The van der Waals surface area contributed by atoms with Gasteiger partial charge in [0, 0.05) is 36.9 Å². The number of nitrogens with zero attached hydrogens (tertiary/aromatic N) is 2. The molecule has 1 N–H and O–H groups in total. The minimum absolute atomic E-state index is 0.266. The zero-order valence-corrected chi connectivity index (χ0v) is 21.2. The van der Waals surface area contributed by atoms with Crippen LogP contribution in [-0.4, -0.2) is 62.0 Å². The van der Waals surface area contributed by atoms with Crippen molar-refractivity contribution in [3.05, 3.63) is 65.5 Å². The first-order valence-corrected chi connectivity index (χ1v) is 13.9. The Balaban J connectivity index is 1.58. The molecule has 1 aliphatic rings. The van der Waals surface area contributed by atoms with Gasteiger partial charge in [-0.05, 0) is 87.0 Å². The number of piperidine rings is 1. The van der Waals surface area contributed by atoms with E-state index in [2.05, 4.69) is 30.1 Å². The van der Waals surface area contributed by atoms with E-state index in [-0.39, 0.29) is 11.7 Å². The number of halogens is 1. The molecule has 8 heteroatoms. The lowest BCUT2D eigenvalue weighted by Gasteiger charge is -2.36. The molecule has 0 spiro atoms. The van der Waals surface area contributed by atoms with Crippen LogP contribution in [0.25, 0.3) is 0 Å². The minimum Gasteiger partial charge on any atom is -0.322 e. The Bertz CT molecular complexity index is 1050. The van der Waals surface area contributed by atoms with Crippen LogP contribution in [0.4, 0.5) is 10.1 Å². The molecule has 0 bridgehead atoms. The molecule has 0 unspecified atom stereocenters. The van der Waals surface area contributed by atoms with Crippen molar-refractivity contribution in [2.24, 2.45) is 5.92 Å². The summed E-state index contributed by atoms with van der Waals surface area (Å²) >= 11 is 0. The zero-order valence-electron chi connectivity index (χ0n) is 20.3. The van der Waals surface area contributed by atoms with Crippen molar-refractivity contribution in [3.8, 4) is 0 Å². The lowest BCUT2D eigenvalue weighted by atomic mass is 9.96. The monoisotopic (exact) mass is 489 g/mol. The molecule has 6 nitrogen and oxygen atoms in total. The van der Waals surface area contributed by atoms with E-state index in [1.165, 1.54) is 30.5 Å². The van der Waals surface area contributed by atoms with Crippen LogP contribution in [0.15, 0.2) is 48.5 Å². The second-order valence-corrected chi connectivity index (χ2v) is 11.3. The van der Waals surface area contributed by atoms with Crippen LogP contribution < -0.4 is 5.32 Å². The van der Waals surface area contributed by atoms with Gasteiger partial charge in [0.15, 0.2) is 0 Å². The number of amides is 1. The fourth-order valence-corrected chi connectivity index (χ4v) is 5.46. The van der Waals surface area contributed by atoms with Crippen molar-refractivity contribution < 1.29 is 17.6 Å². The summed E-state index contributed by atoms with van der Waals surface area (Å²) in [5.41, 5.74) is 2.27. The molecule has 0 aliphatic carbocycles. The number of carbonyl (C=O) groups excluding carboxylic acids is 1. The third-order valence-corrected chi connectivity index (χ3v) is 7.79. The highest BCUT2D eigenvalue weighted by Crippen LogP contribution is 2.23. The summed E-state index contributed by atoms with van der Waals surface area (Å²) in [4.78, 5) is 15.0. The quantitative estimate of drug-likeness (QED) is 0.537. The molecular formula is C26H36FN3O3S. The van der Waals surface area contributed by atoms with Crippen LogP contribution in [0.2, 0.25) is 0 Å². The number of hydrogen-bond donors (Lipinski definition) is 1. The fraction of sp³-hybridized carbons (Fsp3) is 0.500. The average molecular weight is 490 g/mol. The Morgan fingerprint density at radius 2 is 1.85 bits per heavy atom. The van der Waals surface area contributed by atoms with Crippen molar-refractivity contribution in [1.29, 1.82) is 0 Å². The van der Waals surface area contributed by atoms with Crippen molar-refractivity contribution in [1.82, 2.24) is 9.21 Å². The number of sulfonamides is 1. The molecule has 1 heterocycles. The van der Waals surface area contributed by atoms with E-state index in [0.717, 1.165) is 44.3 Å². The lowest BCUT2D eigenvalue weighted by molar-refractivity contribution is 0.102. The first-order chi connectivity index (χ1) is 16.2. The molecule has 1 fully saturated rings. The largest absolute Gasteiger partial charge is 0.322 e. The van der Waals surface area contributed by atoms with Crippen molar-refractivity contribution >= 4 is 21.6 Å². The molecule has 1 atom stereocenters. The highest BCUT2D eigenvalue weighted by molar-refractivity contribution is 7.88. The van der Waals surface area contributed by atoms with E-state index in [0.29, 0.717) is 36.3 Å². The first-order valence-electron chi connectivity index (χ1n) is 12.0. The van der Waals surface area contributed by atoms with Gasteiger partial charge in [0.25, 0.3) is 5.91 Å². The highest BCUT2D eigenvalue weighted by atomic mass is 32.2. The van der Waals surface area contributed by atoms with E-state index in [9.17, 15) is 17.6 Å². The number of carbonyl (C=O) groups is 1. The third-order valence-electron chi connectivity index (χ3n) is 6.49. The molecule has 3 rings (SSSR count). The molecule has 1 saturated heterocycles. The third kappa shape index (κ3) is 7.61. The lowest BCUT2D eigenvalue weighted by Crippen LogP contribution is -2.44. The summed E-state index contributed by atoms with van der Waals surface area (Å²) in [5, 5.41) is 2.90. The number of anilines is 1. The standard InChI is InChI=1S/C26H36FN3O3S/c1-4-14-29(19-21-12-15-30(16-13-21)34(3,32)33)20(2)17-22-6-5-7-25(18-22)28-26(31)23-8-10-24(27)11-9-23/h5-11,18,20-21H,4,12-17,19H2,1-3H3,(H,28,31)/t20-/m0/s1. The molecule has 2 aromatic carbocycles. The van der Waals surface area contributed by atoms with Crippen LogP contribution in [0, 0.1) is 11.7 Å². The molecule has 1 aliphatic heterocycles. The molecule has 186 valence electrons. The Kier molecular flexibility index (Phi) is 9.22. The summed E-state index contributed by atoms with van der Waals surface area (Å²) in [5.74, 6) is -0.142. The number of hydrogen-bond acceptors (Lipinski definition) is 4. The minimum atomic E-state index is -3.10. The molecule has 0 radical (unpaired) electrons. The molecule has 0 aromatic heterocycles. The number of nitrogens with one attached hydrogen (secondary N) is 1. The SMILES string of the molecule is CCCN(CC1CCN(S(C)(=O)=O)CC1)[C@@H](C)Cc1cccc(NC(=O)c2ccc(F)cc2)c1. The van der Waals surface area contributed by atoms with Gasteiger partial charge in [-0.1, -0.05) is 19.1 Å². The second kappa shape index (κ2) is 11.9. The van der Waals surface area contributed by atoms with Crippen LogP contribution >= 0.6 is 0 Å². The maximum absolute atomic E-state index is 13.1. The van der Waals surface area contributed by atoms with Gasteiger partial charge in [-0.15, -0.1) is 0 Å². The second-order valence-electron chi connectivity index (χ2n) is 9.31. The zero-order chi connectivity index (χ0) is 24.7. The van der Waals surface area contributed by atoms with E-state index in [1.54, 1.807) is 4.31 Å². The summed E-state index contributed by atoms with van der Waals surface area (Å²) < 4.78 is 38.3. The van der Waals surface area contributed by atoms with E-state index >= 15 is 0 Å². The Hall–Kier alpha value is -2.29. The maximum atomic E-state index is 13.1. The van der Waals surface area contributed by atoms with Crippen LogP contribution in [-0.2, 0) is 16.4 Å². The van der Waals surface area contributed by atoms with Gasteiger partial charge in [0.05, 0.1) is 6.26 Å². The van der Waals surface area contributed by atoms with E-state index < -0.39 is 10.0 Å². The highest BCUT2D eigenvalue weighted by Gasteiger charge is 2.27. The molecule has 34 heavy (non-hydrogen) atoms. The van der Waals surface area contributed by atoms with Gasteiger partial charge in [-0.2, -0.15) is 0 Å². The first kappa shape index (κ1) is 26.3. The van der Waals surface area contributed by atoms with Crippen LogP contribution in [0.3, 0.4) is 0 Å². The summed E-state index contributed by atoms with van der Waals surface area (Å²) in [7, 11) is -3.10. The molecule has 1 amide bonds. The molecule has 2 aromatic rings. The average Bonchev–Trinajstić information content (AvgIpc) is 2.79. The summed E-state index contributed by atoms with van der Waals surface area (Å²) in [6.45, 7) is 7.58. The fourth-order valence-electron chi connectivity index (χ4n) is 4.58. The van der Waals surface area contributed by atoms with Gasteiger partial charge in [-0.3, -0.25) is 4.79 Å². The summed E-state index contributed by atoms with van der Waals surface area (Å²) in [6.07, 6.45) is 4.98. The maximum Gasteiger partial charge on any atom is 0.255 e. The van der Waals surface area contributed by atoms with Crippen molar-refractivity contribution in [3.63, 3.8) is 0 Å². The predicted octanol–water partition coefficient (Wildman–Crippen LogP) is 4.39. The molecule has 0 saturated carbocycles. The topological polar surface area (TPSA) is 69.7 Å². The van der Waals surface area contributed by atoms with Gasteiger partial charge in [0.2, 0.25) is 10.0 Å². The molecular weight excluding hydrogens is 453 g/mol. The van der Waals surface area contributed by atoms with Crippen LogP contribution in [0.5, 0.6) is 0 Å². The van der Waals surface area contributed by atoms with E-state index in [4.69, 9.17) is 0 Å². The van der Waals surface area contributed by atoms with Gasteiger partial charge in [0.1, 0.15) is 5.82 Å². The normalized spacial score (nSPS) is 16.5. The Morgan fingerprint density at radius 3 is 2.47 bits per heavy atom. The summed E-state index contributed by atoms with van der Waals surface area (Å²) in [6, 6.07) is 13.7. The van der Waals surface area contributed by atoms with Gasteiger partial charge >= 0.3 is 0 Å². The smallest absolute Gasteiger partial charge is 0.255 e.